The molecule has 1 amide bonds. The van der Waals surface area contributed by atoms with Gasteiger partial charge in [-0.3, -0.25) is 9.59 Å². The van der Waals surface area contributed by atoms with E-state index in [0.29, 0.717) is 39.7 Å². The van der Waals surface area contributed by atoms with E-state index < -0.39 is 17.2 Å². The maximum absolute atomic E-state index is 12.6. The molecule has 1 heterocycles. The molecule has 0 aliphatic rings. The van der Waals surface area contributed by atoms with Crippen molar-refractivity contribution in [3.8, 4) is 11.5 Å². The summed E-state index contributed by atoms with van der Waals surface area (Å²) in [7, 11) is 0. The molecule has 3 N–H and O–H groups in total. The normalized spacial score (nSPS) is 10.8. The van der Waals surface area contributed by atoms with Crippen LogP contribution < -0.4 is 15.6 Å². The Labute approximate surface area is 171 Å². The number of aryl methyl sites for hydroxylation is 1. The number of nitrogens with one attached hydrogen (secondary N) is 2. The average Bonchev–Trinajstić information content (AvgIpc) is 2.66. The molecule has 0 aliphatic heterocycles. The Hall–Kier alpha value is -2.70. The molecule has 0 fully saturated rings. The van der Waals surface area contributed by atoms with Crippen molar-refractivity contribution < 1.29 is 14.6 Å². The lowest BCUT2D eigenvalue weighted by Gasteiger charge is -2.11. The van der Waals surface area contributed by atoms with Crippen LogP contribution in [0.5, 0.6) is 11.5 Å². The second-order valence-electron chi connectivity index (χ2n) is 6.24. The predicted octanol–water partition coefficient (Wildman–Crippen LogP) is 4.05. The van der Waals surface area contributed by atoms with E-state index in [1.165, 1.54) is 0 Å². The van der Waals surface area contributed by atoms with Gasteiger partial charge in [0.1, 0.15) is 10.8 Å². The highest BCUT2D eigenvalue weighted by atomic mass is 35.5. The molecular formula is C20H18Cl2N2O4. The summed E-state index contributed by atoms with van der Waals surface area (Å²) in [6.07, 6.45) is 0.496. The van der Waals surface area contributed by atoms with Crippen LogP contribution in [0.25, 0.3) is 10.9 Å². The number of halogens is 2. The van der Waals surface area contributed by atoms with E-state index in [2.05, 4.69) is 10.3 Å². The number of hydrogen-bond acceptors (Lipinski definition) is 4. The standard InChI is InChI=1S/C20H18Cl2N2O4/c1-11-6-7-14-12(10-11)16(18(25)20(27)24-14)19(26)23-8-3-9-28-15-5-2-4-13(21)17(15)22/h2,4-7,10,25H,3,8-9H2,1H3,(H,23,26)(H,24,27). The lowest BCUT2D eigenvalue weighted by atomic mass is 10.0. The molecule has 0 atom stereocenters. The van der Waals surface area contributed by atoms with Crippen molar-refractivity contribution in [1.29, 1.82) is 0 Å². The van der Waals surface area contributed by atoms with Crippen molar-refractivity contribution >= 4 is 40.0 Å². The van der Waals surface area contributed by atoms with E-state index in [0.717, 1.165) is 5.56 Å². The molecule has 0 spiro atoms. The van der Waals surface area contributed by atoms with Crippen molar-refractivity contribution in [2.24, 2.45) is 0 Å². The van der Waals surface area contributed by atoms with E-state index in [1.54, 1.807) is 30.3 Å². The van der Waals surface area contributed by atoms with Crippen LogP contribution in [0.2, 0.25) is 10.0 Å². The number of aromatic nitrogens is 1. The zero-order chi connectivity index (χ0) is 20.3. The number of pyridine rings is 1. The molecule has 3 rings (SSSR count). The number of H-pyrrole nitrogens is 1. The Balaban J connectivity index is 1.65. The molecule has 146 valence electrons. The third kappa shape index (κ3) is 4.24. The number of aromatic amines is 1. The smallest absolute Gasteiger partial charge is 0.291 e. The van der Waals surface area contributed by atoms with Gasteiger partial charge in [0.05, 0.1) is 17.2 Å². The summed E-state index contributed by atoms with van der Waals surface area (Å²) in [5.74, 6) is -0.660. The van der Waals surface area contributed by atoms with Gasteiger partial charge in [0, 0.05) is 17.4 Å². The Morgan fingerprint density at radius 1 is 1.25 bits per heavy atom. The molecule has 28 heavy (non-hydrogen) atoms. The van der Waals surface area contributed by atoms with Gasteiger partial charge in [0.2, 0.25) is 0 Å². The van der Waals surface area contributed by atoms with Gasteiger partial charge in [-0.2, -0.15) is 0 Å². The van der Waals surface area contributed by atoms with Gasteiger partial charge in [-0.05, 0) is 37.6 Å². The highest BCUT2D eigenvalue weighted by Crippen LogP contribution is 2.31. The Morgan fingerprint density at radius 3 is 2.82 bits per heavy atom. The summed E-state index contributed by atoms with van der Waals surface area (Å²) in [4.78, 5) is 27.0. The summed E-state index contributed by atoms with van der Waals surface area (Å²) in [5.41, 5.74) is 0.638. The molecule has 2 aromatic carbocycles. The second kappa shape index (κ2) is 8.54. The van der Waals surface area contributed by atoms with Crippen molar-refractivity contribution in [1.82, 2.24) is 10.3 Å². The SMILES string of the molecule is Cc1ccc2[nH]c(=O)c(O)c(C(=O)NCCCOc3cccc(Cl)c3Cl)c2c1. The second-order valence-corrected chi connectivity index (χ2v) is 7.02. The van der Waals surface area contributed by atoms with Gasteiger partial charge in [-0.1, -0.05) is 40.9 Å². The van der Waals surface area contributed by atoms with Gasteiger partial charge in [-0.25, -0.2) is 0 Å². The first kappa shape index (κ1) is 20.0. The van der Waals surface area contributed by atoms with Gasteiger partial charge in [0.15, 0.2) is 5.75 Å². The van der Waals surface area contributed by atoms with Crippen molar-refractivity contribution in [2.45, 2.75) is 13.3 Å². The van der Waals surface area contributed by atoms with Crippen LogP contribution in [0.3, 0.4) is 0 Å². The van der Waals surface area contributed by atoms with Crippen molar-refractivity contribution in [2.75, 3.05) is 13.2 Å². The first-order valence-corrected chi connectivity index (χ1v) is 9.34. The minimum absolute atomic E-state index is 0.0405. The number of carbonyl (C=O) groups is 1. The van der Waals surface area contributed by atoms with Crippen LogP contribution in [0.1, 0.15) is 22.3 Å². The van der Waals surface area contributed by atoms with Crippen LogP contribution in [-0.2, 0) is 0 Å². The van der Waals surface area contributed by atoms with Crippen molar-refractivity contribution in [3.63, 3.8) is 0 Å². The lowest BCUT2D eigenvalue weighted by Crippen LogP contribution is -2.27. The van der Waals surface area contributed by atoms with E-state index in [1.807, 2.05) is 13.0 Å². The molecule has 0 saturated carbocycles. The van der Waals surface area contributed by atoms with Crippen LogP contribution in [0.4, 0.5) is 0 Å². The van der Waals surface area contributed by atoms with Gasteiger partial charge in [-0.15, -0.1) is 0 Å². The van der Waals surface area contributed by atoms with E-state index in [4.69, 9.17) is 27.9 Å². The number of hydrogen-bond donors (Lipinski definition) is 3. The quantitative estimate of drug-likeness (QED) is 0.524. The number of aromatic hydroxyl groups is 1. The Morgan fingerprint density at radius 2 is 2.04 bits per heavy atom. The minimum atomic E-state index is -0.708. The summed E-state index contributed by atoms with van der Waals surface area (Å²) in [6.45, 7) is 2.46. The van der Waals surface area contributed by atoms with E-state index in [9.17, 15) is 14.7 Å². The average molecular weight is 421 g/mol. The molecule has 0 saturated heterocycles. The maximum atomic E-state index is 12.6. The van der Waals surface area contributed by atoms with Crippen molar-refractivity contribution in [3.05, 3.63) is 67.9 Å². The van der Waals surface area contributed by atoms with E-state index >= 15 is 0 Å². The highest BCUT2D eigenvalue weighted by molar-refractivity contribution is 6.42. The van der Waals surface area contributed by atoms with Crippen LogP contribution in [0.15, 0.2) is 41.2 Å². The predicted molar refractivity (Wildman–Crippen MR) is 110 cm³/mol. The van der Waals surface area contributed by atoms with Crippen LogP contribution >= 0.6 is 23.2 Å². The molecule has 0 unspecified atom stereocenters. The molecule has 3 aromatic rings. The highest BCUT2D eigenvalue weighted by Gasteiger charge is 2.18. The topological polar surface area (TPSA) is 91.4 Å². The third-order valence-corrected chi connectivity index (χ3v) is 4.95. The number of fused-ring (bicyclic) bond motifs is 1. The van der Waals surface area contributed by atoms with Gasteiger partial charge >= 0.3 is 0 Å². The Kier molecular flexibility index (Phi) is 6.11. The number of rotatable bonds is 6. The molecular weight excluding hydrogens is 403 g/mol. The fourth-order valence-electron chi connectivity index (χ4n) is 2.77. The number of carbonyl (C=O) groups excluding carboxylic acids is 1. The number of benzene rings is 2. The van der Waals surface area contributed by atoms with Gasteiger partial charge in [0.25, 0.3) is 11.5 Å². The van der Waals surface area contributed by atoms with Crippen LogP contribution in [0, 0.1) is 6.92 Å². The Bertz CT molecular complexity index is 1100. The summed E-state index contributed by atoms with van der Waals surface area (Å²) < 4.78 is 5.56. The first-order chi connectivity index (χ1) is 13.4. The fourth-order valence-corrected chi connectivity index (χ4v) is 3.11. The molecule has 0 radical (unpaired) electrons. The van der Waals surface area contributed by atoms with Gasteiger partial charge < -0.3 is 20.1 Å². The first-order valence-electron chi connectivity index (χ1n) is 8.59. The monoisotopic (exact) mass is 420 g/mol. The summed E-state index contributed by atoms with van der Waals surface area (Å²) in [6, 6.07) is 10.4. The molecule has 8 heteroatoms. The lowest BCUT2D eigenvalue weighted by molar-refractivity contribution is 0.0950. The van der Waals surface area contributed by atoms with E-state index in [-0.39, 0.29) is 12.1 Å². The molecule has 6 nitrogen and oxygen atoms in total. The molecule has 0 bridgehead atoms. The minimum Gasteiger partial charge on any atom is -0.502 e. The maximum Gasteiger partial charge on any atom is 0.291 e. The zero-order valence-electron chi connectivity index (χ0n) is 15.0. The largest absolute Gasteiger partial charge is 0.502 e. The number of ether oxygens (including phenoxy) is 1. The summed E-state index contributed by atoms with van der Waals surface area (Å²) in [5, 5.41) is 14.0. The van der Waals surface area contributed by atoms with Crippen LogP contribution in [-0.4, -0.2) is 29.1 Å². The fraction of sp³-hybridized carbons (Fsp3) is 0.200. The molecule has 0 aliphatic carbocycles. The third-order valence-electron chi connectivity index (χ3n) is 4.15. The zero-order valence-corrected chi connectivity index (χ0v) is 16.5. The molecule has 1 aromatic heterocycles. The number of amides is 1. The summed E-state index contributed by atoms with van der Waals surface area (Å²) >= 11 is 12.0.